The molecule has 1 saturated carbocycles. The molecule has 3 rings (SSSR count). The Balaban J connectivity index is 1.96. The van der Waals surface area contributed by atoms with Crippen LogP contribution in [0.25, 0.3) is 0 Å². The fourth-order valence-electron chi connectivity index (χ4n) is 2.11. The molecule has 0 spiro atoms. The minimum Gasteiger partial charge on any atom is -0.395 e. The van der Waals surface area contributed by atoms with Crippen LogP contribution in [0, 0.1) is 0 Å². The quantitative estimate of drug-likeness (QED) is 0.800. The van der Waals surface area contributed by atoms with Crippen molar-refractivity contribution in [1.29, 1.82) is 0 Å². The van der Waals surface area contributed by atoms with Gasteiger partial charge in [-0.25, -0.2) is 0 Å². The van der Waals surface area contributed by atoms with Crippen LogP contribution in [-0.4, -0.2) is 6.29 Å². The Morgan fingerprint density at radius 1 is 1.12 bits per heavy atom. The van der Waals surface area contributed by atoms with E-state index in [2.05, 4.69) is 9.47 Å². The van der Waals surface area contributed by atoms with Gasteiger partial charge in [-0.05, 0) is 37.0 Å². The molecule has 2 N–H and O–H groups in total. The second-order valence-corrected chi connectivity index (χ2v) is 4.34. The Kier molecular flexibility index (Phi) is 1.75. The Bertz CT molecular complexity index is 444. The first-order chi connectivity index (χ1) is 7.49. The molecule has 0 unspecified atom stereocenters. The van der Waals surface area contributed by atoms with Crippen LogP contribution in [0.15, 0.2) is 18.2 Å². The summed E-state index contributed by atoms with van der Waals surface area (Å²) in [6, 6.07) is 4.76. The van der Waals surface area contributed by atoms with E-state index in [1.807, 2.05) is 0 Å². The zero-order chi connectivity index (χ0) is 11.4. The summed E-state index contributed by atoms with van der Waals surface area (Å²) in [6.45, 7) is 0. The molecule has 2 aliphatic rings. The molecular formula is C11H11F2NO2. The van der Waals surface area contributed by atoms with Gasteiger partial charge in [0.15, 0.2) is 11.5 Å². The van der Waals surface area contributed by atoms with Gasteiger partial charge in [0.25, 0.3) is 0 Å². The van der Waals surface area contributed by atoms with Gasteiger partial charge in [-0.2, -0.15) is 0 Å². The second kappa shape index (κ2) is 2.85. The first-order valence-electron chi connectivity index (χ1n) is 5.18. The van der Waals surface area contributed by atoms with E-state index in [4.69, 9.17) is 5.73 Å². The van der Waals surface area contributed by atoms with Gasteiger partial charge in [-0.1, -0.05) is 6.07 Å². The maximum absolute atomic E-state index is 12.8. The number of fused-ring (bicyclic) bond motifs is 1. The van der Waals surface area contributed by atoms with Crippen molar-refractivity contribution in [1.82, 2.24) is 0 Å². The lowest BCUT2D eigenvalue weighted by Gasteiger charge is -2.38. The van der Waals surface area contributed by atoms with Gasteiger partial charge in [-0.15, -0.1) is 8.78 Å². The summed E-state index contributed by atoms with van der Waals surface area (Å²) < 4.78 is 34.3. The number of hydrogen-bond donors (Lipinski definition) is 1. The summed E-state index contributed by atoms with van der Waals surface area (Å²) in [7, 11) is 0. The molecule has 5 heteroatoms. The third kappa shape index (κ3) is 1.35. The normalized spacial score (nSPS) is 23.9. The van der Waals surface area contributed by atoms with Crippen LogP contribution in [0.1, 0.15) is 24.8 Å². The maximum Gasteiger partial charge on any atom is 0.586 e. The Labute approximate surface area is 91.1 Å². The minimum absolute atomic E-state index is 0.0664. The number of halogens is 2. The van der Waals surface area contributed by atoms with Crippen LogP contribution < -0.4 is 15.2 Å². The zero-order valence-corrected chi connectivity index (χ0v) is 8.50. The minimum atomic E-state index is -3.55. The average molecular weight is 227 g/mol. The lowest BCUT2D eigenvalue weighted by Crippen LogP contribution is -2.43. The standard InChI is InChI=1S/C11H11F2NO2/c12-11(13)15-8-3-2-7(6-9(8)16-11)10(14)4-1-5-10/h2-3,6H,1,4-5,14H2. The van der Waals surface area contributed by atoms with Crippen LogP contribution >= 0.6 is 0 Å². The van der Waals surface area contributed by atoms with E-state index in [0.717, 1.165) is 24.8 Å². The molecule has 1 fully saturated rings. The predicted molar refractivity (Wildman–Crippen MR) is 52.4 cm³/mol. The molecule has 0 atom stereocenters. The van der Waals surface area contributed by atoms with Crippen molar-refractivity contribution in [2.24, 2.45) is 5.73 Å². The summed E-state index contributed by atoms with van der Waals surface area (Å²) in [4.78, 5) is 0. The molecule has 0 saturated heterocycles. The lowest BCUT2D eigenvalue weighted by molar-refractivity contribution is -0.286. The van der Waals surface area contributed by atoms with Gasteiger partial charge in [0, 0.05) is 5.54 Å². The Morgan fingerprint density at radius 2 is 1.81 bits per heavy atom. The Morgan fingerprint density at radius 3 is 2.44 bits per heavy atom. The molecule has 1 heterocycles. The molecule has 16 heavy (non-hydrogen) atoms. The number of benzene rings is 1. The topological polar surface area (TPSA) is 44.5 Å². The van der Waals surface area contributed by atoms with Gasteiger partial charge in [-0.3, -0.25) is 0 Å². The summed E-state index contributed by atoms with van der Waals surface area (Å²) in [5.74, 6) is 0.135. The van der Waals surface area contributed by atoms with Crippen LogP contribution in [-0.2, 0) is 5.54 Å². The first kappa shape index (κ1) is 9.84. The smallest absolute Gasteiger partial charge is 0.395 e. The average Bonchev–Trinajstić information content (AvgIpc) is 2.46. The molecule has 0 aromatic heterocycles. The number of nitrogens with two attached hydrogens (primary N) is 1. The van der Waals surface area contributed by atoms with Crippen LogP contribution in [0.5, 0.6) is 11.5 Å². The highest BCUT2D eigenvalue weighted by Crippen LogP contribution is 2.45. The molecule has 1 aromatic carbocycles. The molecule has 1 aliphatic heterocycles. The maximum atomic E-state index is 12.8. The first-order valence-corrected chi connectivity index (χ1v) is 5.18. The van der Waals surface area contributed by atoms with Crippen LogP contribution in [0.4, 0.5) is 8.78 Å². The molecule has 3 nitrogen and oxygen atoms in total. The number of rotatable bonds is 1. The third-order valence-electron chi connectivity index (χ3n) is 3.22. The van der Waals surface area contributed by atoms with Crippen molar-refractivity contribution < 1.29 is 18.3 Å². The number of ether oxygens (including phenoxy) is 2. The van der Waals surface area contributed by atoms with Gasteiger partial charge in [0.05, 0.1) is 0 Å². The molecule has 1 aliphatic carbocycles. The highest BCUT2D eigenvalue weighted by Gasteiger charge is 2.44. The van der Waals surface area contributed by atoms with Gasteiger partial charge < -0.3 is 15.2 Å². The summed E-state index contributed by atoms with van der Waals surface area (Å²) >= 11 is 0. The monoisotopic (exact) mass is 227 g/mol. The Hall–Kier alpha value is -1.36. The lowest BCUT2D eigenvalue weighted by atomic mass is 9.73. The van der Waals surface area contributed by atoms with E-state index in [1.54, 1.807) is 12.1 Å². The van der Waals surface area contributed by atoms with Crippen molar-refractivity contribution in [3.8, 4) is 11.5 Å². The number of alkyl halides is 2. The summed E-state index contributed by atoms with van der Waals surface area (Å²) in [5, 5.41) is 0. The largest absolute Gasteiger partial charge is 0.586 e. The SMILES string of the molecule is NC1(c2ccc3c(c2)OC(F)(F)O3)CCC1. The zero-order valence-electron chi connectivity index (χ0n) is 8.50. The van der Waals surface area contributed by atoms with Crippen molar-refractivity contribution in [3.05, 3.63) is 23.8 Å². The van der Waals surface area contributed by atoms with E-state index in [9.17, 15) is 8.78 Å². The highest BCUT2D eigenvalue weighted by atomic mass is 19.3. The van der Waals surface area contributed by atoms with Crippen molar-refractivity contribution in [3.63, 3.8) is 0 Å². The molecular weight excluding hydrogens is 216 g/mol. The van der Waals surface area contributed by atoms with E-state index < -0.39 is 6.29 Å². The molecule has 0 bridgehead atoms. The van der Waals surface area contributed by atoms with E-state index in [1.165, 1.54) is 6.07 Å². The van der Waals surface area contributed by atoms with Crippen molar-refractivity contribution in [2.75, 3.05) is 0 Å². The molecule has 0 amide bonds. The van der Waals surface area contributed by atoms with Gasteiger partial charge >= 0.3 is 6.29 Å². The van der Waals surface area contributed by atoms with Crippen molar-refractivity contribution in [2.45, 2.75) is 31.1 Å². The van der Waals surface area contributed by atoms with Gasteiger partial charge in [0.1, 0.15) is 0 Å². The van der Waals surface area contributed by atoms with E-state index in [0.29, 0.717) is 0 Å². The number of hydrogen-bond acceptors (Lipinski definition) is 3. The molecule has 86 valence electrons. The third-order valence-corrected chi connectivity index (χ3v) is 3.22. The summed E-state index contributed by atoms with van der Waals surface area (Å²) in [6.07, 6.45) is -0.727. The molecule has 1 aromatic rings. The van der Waals surface area contributed by atoms with Crippen molar-refractivity contribution >= 4 is 0 Å². The predicted octanol–water partition coefficient (Wildman–Crippen LogP) is 2.35. The van der Waals surface area contributed by atoms with Gasteiger partial charge in [0.2, 0.25) is 0 Å². The van der Waals surface area contributed by atoms with Crippen LogP contribution in [0.3, 0.4) is 0 Å². The van der Waals surface area contributed by atoms with Crippen LogP contribution in [0.2, 0.25) is 0 Å². The van der Waals surface area contributed by atoms with E-state index >= 15 is 0 Å². The highest BCUT2D eigenvalue weighted by molar-refractivity contribution is 5.47. The summed E-state index contributed by atoms with van der Waals surface area (Å²) in [5.41, 5.74) is 6.56. The molecule has 0 radical (unpaired) electrons. The fraction of sp³-hybridized carbons (Fsp3) is 0.455. The second-order valence-electron chi connectivity index (χ2n) is 4.34. The fourth-order valence-corrected chi connectivity index (χ4v) is 2.11. The van der Waals surface area contributed by atoms with E-state index in [-0.39, 0.29) is 17.0 Å².